The van der Waals surface area contributed by atoms with Crippen molar-refractivity contribution in [3.63, 3.8) is 0 Å². The third-order valence-corrected chi connectivity index (χ3v) is 8.85. The van der Waals surface area contributed by atoms with Gasteiger partial charge >= 0.3 is 22.4 Å². The zero-order valence-electron chi connectivity index (χ0n) is 20.3. The molecule has 1 amide bonds. The first-order valence-electron chi connectivity index (χ1n) is 11.8. The summed E-state index contributed by atoms with van der Waals surface area (Å²) < 4.78 is 111. The van der Waals surface area contributed by atoms with Gasteiger partial charge in [0.05, 0.1) is 11.0 Å². The molecule has 0 saturated heterocycles. The molecule has 3 fully saturated rings. The highest BCUT2D eigenvalue weighted by Gasteiger charge is 2.81. The van der Waals surface area contributed by atoms with Crippen molar-refractivity contribution >= 4 is 32.9 Å². The van der Waals surface area contributed by atoms with Gasteiger partial charge in [0.2, 0.25) is 0 Å². The van der Waals surface area contributed by atoms with Crippen molar-refractivity contribution in [1.29, 1.82) is 0 Å². The van der Waals surface area contributed by atoms with Crippen LogP contribution in [-0.2, 0) is 11.4 Å². The van der Waals surface area contributed by atoms with Crippen molar-refractivity contribution in [2.75, 3.05) is 0 Å². The molecule has 216 valence electrons. The summed E-state index contributed by atoms with van der Waals surface area (Å²) in [5, 5.41) is 13.0. The molecule has 3 aromatic rings. The van der Waals surface area contributed by atoms with E-state index < -0.39 is 75.9 Å². The Morgan fingerprint density at radius 1 is 0.925 bits per heavy atom. The largest absolute Gasteiger partial charge is 0.487 e. The van der Waals surface area contributed by atoms with Crippen molar-refractivity contribution < 1.29 is 52.0 Å². The Morgan fingerprint density at radius 2 is 1.52 bits per heavy atom. The number of amides is 1. The smallest absolute Gasteiger partial charge is 0.394 e. The second kappa shape index (κ2) is 8.02. The Balaban J connectivity index is 1.40. The number of carbonyl (C=O) groups is 2. The van der Waals surface area contributed by atoms with Gasteiger partial charge in [-0.3, -0.25) is 4.79 Å². The Morgan fingerprint density at radius 3 is 2.08 bits per heavy atom. The number of nitrogens with one attached hydrogen (secondary N) is 1. The molecule has 40 heavy (non-hydrogen) atoms. The number of carboxylic acid groups (broad SMARTS) is 1. The molecule has 0 radical (unpaired) electrons. The molecule has 14 heteroatoms. The Hall–Kier alpha value is -3.55. The van der Waals surface area contributed by atoms with Gasteiger partial charge in [0.25, 0.3) is 5.91 Å². The topological polar surface area (TPSA) is 75.6 Å². The molecule has 3 aliphatic rings. The lowest BCUT2D eigenvalue weighted by Crippen LogP contribution is -2.75. The van der Waals surface area contributed by atoms with Gasteiger partial charge in [0, 0.05) is 10.8 Å². The number of carbonyl (C=O) groups excluding carboxylic acids is 1. The lowest BCUT2D eigenvalue weighted by Gasteiger charge is -2.72. The van der Waals surface area contributed by atoms with E-state index in [0.717, 1.165) is 12.1 Å². The van der Waals surface area contributed by atoms with Gasteiger partial charge in [-0.15, -0.1) is 0 Å². The molecule has 3 aromatic carbocycles. The van der Waals surface area contributed by atoms with Crippen LogP contribution in [0.2, 0.25) is 0 Å². The third kappa shape index (κ3) is 4.71. The first kappa shape index (κ1) is 28.0. The molecule has 0 aromatic heterocycles. The van der Waals surface area contributed by atoms with E-state index >= 15 is 0 Å². The molecule has 0 heterocycles. The number of benzene rings is 3. The van der Waals surface area contributed by atoms with Gasteiger partial charge < -0.3 is 15.2 Å². The number of ether oxygens (including phenoxy) is 1. The van der Waals surface area contributed by atoms with Crippen molar-refractivity contribution in [2.45, 2.75) is 43.0 Å². The minimum atomic E-state index is -9.87. The number of hydrogen-bond donors (Lipinski definition) is 2. The fourth-order valence-corrected chi connectivity index (χ4v) is 6.38. The van der Waals surface area contributed by atoms with Crippen molar-refractivity contribution in [2.24, 2.45) is 10.8 Å². The quantitative estimate of drug-likeness (QED) is 0.259. The lowest BCUT2D eigenvalue weighted by atomic mass is 9.33. The summed E-state index contributed by atoms with van der Waals surface area (Å²) in [5.41, 5.74) is -3.26. The summed E-state index contributed by atoms with van der Waals surface area (Å²) >= 11 is 0. The summed E-state index contributed by atoms with van der Waals surface area (Å²) in [6.45, 7) is -0.435. The first-order chi connectivity index (χ1) is 18.2. The Kier molecular flexibility index (Phi) is 5.61. The van der Waals surface area contributed by atoms with E-state index in [9.17, 15) is 47.3 Å². The normalized spacial score (nSPS) is 24.6. The summed E-state index contributed by atoms with van der Waals surface area (Å²) in [6.07, 6.45) is -5.73. The molecular weight excluding hydrogens is 574 g/mol. The predicted molar refractivity (Wildman–Crippen MR) is 130 cm³/mol. The van der Waals surface area contributed by atoms with E-state index in [0.29, 0.717) is 10.8 Å². The zero-order valence-corrected chi connectivity index (χ0v) is 21.1. The van der Waals surface area contributed by atoms with Crippen LogP contribution in [-0.4, -0.2) is 29.2 Å². The number of halogens is 8. The average Bonchev–Trinajstić information content (AvgIpc) is 2.77. The zero-order chi connectivity index (χ0) is 29.4. The second-order valence-corrected chi connectivity index (χ2v) is 12.9. The number of aliphatic carboxylic acids is 1. The van der Waals surface area contributed by atoms with E-state index in [4.69, 9.17) is 4.74 Å². The van der Waals surface area contributed by atoms with Crippen molar-refractivity contribution in [3.05, 3.63) is 71.8 Å². The molecule has 1 atom stereocenters. The molecular formula is C26H21F8NO4S. The standard InChI is InChI=1S/C26H21F8NO4S/c27-26(28,29)25-12-24(13-25,14-25)21(23(37)38)35-22(36)19-10-7-16-3-1-2-4-18(16)20(19)39-11-15-5-8-17(9-6-15)40(30,31,32,33)34/h1-10,21H,11-14H2,(H,35,36)(H,37,38). The maximum Gasteiger partial charge on any atom is 0.394 e. The third-order valence-electron chi connectivity index (χ3n) is 7.68. The number of fused-ring (bicyclic) bond motifs is 1. The van der Waals surface area contributed by atoms with Crippen LogP contribution < -0.4 is 10.1 Å². The van der Waals surface area contributed by atoms with Gasteiger partial charge in [0.1, 0.15) is 23.3 Å². The van der Waals surface area contributed by atoms with E-state index in [1.54, 1.807) is 24.3 Å². The molecule has 0 aliphatic heterocycles. The molecule has 0 spiro atoms. The van der Waals surface area contributed by atoms with Gasteiger partial charge in [-0.1, -0.05) is 61.9 Å². The highest BCUT2D eigenvalue weighted by atomic mass is 32.5. The summed E-state index contributed by atoms with van der Waals surface area (Å²) in [7, 11) is -9.87. The van der Waals surface area contributed by atoms with E-state index in [-0.39, 0.29) is 29.0 Å². The van der Waals surface area contributed by atoms with Crippen LogP contribution >= 0.6 is 10.2 Å². The average molecular weight is 596 g/mol. The van der Waals surface area contributed by atoms with Gasteiger partial charge in [-0.2, -0.15) is 13.2 Å². The fraction of sp³-hybridized carbons (Fsp3) is 0.308. The molecule has 2 N–H and O–H groups in total. The van der Waals surface area contributed by atoms with Crippen molar-refractivity contribution in [1.82, 2.24) is 5.32 Å². The monoisotopic (exact) mass is 595 g/mol. The van der Waals surface area contributed by atoms with E-state index in [1.165, 1.54) is 12.1 Å². The minimum absolute atomic E-state index is 0.0686. The maximum absolute atomic E-state index is 13.3. The van der Waals surface area contributed by atoms with Crippen molar-refractivity contribution in [3.8, 4) is 5.75 Å². The van der Waals surface area contributed by atoms with E-state index in [2.05, 4.69) is 5.32 Å². The van der Waals surface area contributed by atoms with Crippen LogP contribution in [0.3, 0.4) is 0 Å². The number of hydrogen-bond acceptors (Lipinski definition) is 3. The Bertz CT molecular complexity index is 1520. The lowest BCUT2D eigenvalue weighted by molar-refractivity contribution is -0.367. The van der Waals surface area contributed by atoms with Crippen LogP contribution in [0.1, 0.15) is 35.2 Å². The molecule has 5 nitrogen and oxygen atoms in total. The SMILES string of the molecule is O=C(NC(C(=O)O)C12CC(C(F)(F)F)(C1)C2)c1ccc2ccccc2c1OCc1ccc(S(F)(F)(F)(F)F)cc1. The van der Waals surface area contributed by atoms with Gasteiger partial charge in [-0.25, -0.2) is 4.79 Å². The Labute approximate surface area is 221 Å². The molecule has 3 aliphatic carbocycles. The van der Waals surface area contributed by atoms with Crippen LogP contribution in [0, 0.1) is 10.8 Å². The van der Waals surface area contributed by atoms with E-state index in [1.807, 2.05) is 0 Å². The summed E-state index contributed by atoms with van der Waals surface area (Å²) in [6, 6.07) is 9.87. The first-order valence-corrected chi connectivity index (χ1v) is 13.8. The highest BCUT2D eigenvalue weighted by molar-refractivity contribution is 8.45. The molecule has 3 saturated carbocycles. The fourth-order valence-electron chi connectivity index (χ4n) is 5.73. The van der Waals surface area contributed by atoms with Gasteiger partial charge in [0.15, 0.2) is 0 Å². The number of alkyl halides is 3. The highest BCUT2D eigenvalue weighted by Crippen LogP contribution is 3.02. The maximum atomic E-state index is 13.3. The molecule has 2 bridgehead atoms. The second-order valence-electron chi connectivity index (χ2n) is 10.5. The van der Waals surface area contributed by atoms with Crippen LogP contribution in [0.4, 0.5) is 32.6 Å². The summed E-state index contributed by atoms with van der Waals surface area (Å²) in [5.74, 6) is -2.49. The number of rotatable bonds is 8. The van der Waals surface area contributed by atoms with Crippen LogP contribution in [0.25, 0.3) is 10.8 Å². The summed E-state index contributed by atoms with van der Waals surface area (Å²) in [4.78, 5) is 23.2. The van der Waals surface area contributed by atoms with Crippen LogP contribution in [0.15, 0.2) is 65.6 Å². The minimum Gasteiger partial charge on any atom is -0.487 e. The van der Waals surface area contributed by atoms with Gasteiger partial charge in [-0.05, 0) is 48.4 Å². The van der Waals surface area contributed by atoms with Crippen LogP contribution in [0.5, 0.6) is 5.75 Å². The predicted octanol–water partition coefficient (Wildman–Crippen LogP) is 7.99. The number of carboxylic acids is 1. The molecule has 1 unspecified atom stereocenters. The molecule has 6 rings (SSSR count).